The summed E-state index contributed by atoms with van der Waals surface area (Å²) in [6.07, 6.45) is 3.82. The molecule has 2 aromatic heterocycles. The Morgan fingerprint density at radius 1 is 1.19 bits per heavy atom. The Hall–Kier alpha value is -3.55. The minimum Gasteiger partial charge on any atom is -0.496 e. The summed E-state index contributed by atoms with van der Waals surface area (Å²) in [6.45, 7) is 2.80. The number of rotatable bonds is 8. The van der Waals surface area contributed by atoms with Crippen LogP contribution in [0.5, 0.6) is 5.75 Å². The predicted molar refractivity (Wildman–Crippen MR) is 118 cm³/mol. The van der Waals surface area contributed by atoms with Crippen LogP contribution in [-0.4, -0.2) is 48.6 Å². The van der Waals surface area contributed by atoms with Gasteiger partial charge in [0.25, 0.3) is 5.91 Å². The molecule has 0 fully saturated rings. The zero-order chi connectivity index (χ0) is 22.4. The molecule has 3 aromatic rings. The Morgan fingerprint density at radius 2 is 2.00 bits per heavy atom. The molecular formula is C23H26FN5O2. The van der Waals surface area contributed by atoms with Crippen molar-refractivity contribution in [1.29, 1.82) is 0 Å². The molecule has 162 valence electrons. The van der Waals surface area contributed by atoms with Gasteiger partial charge < -0.3 is 15.0 Å². The summed E-state index contributed by atoms with van der Waals surface area (Å²) in [5.74, 6) is 0.900. The largest absolute Gasteiger partial charge is 0.496 e. The van der Waals surface area contributed by atoms with Crippen molar-refractivity contribution in [2.45, 2.75) is 19.3 Å². The van der Waals surface area contributed by atoms with Gasteiger partial charge >= 0.3 is 0 Å². The number of hydrogen-bond donors (Lipinski definition) is 1. The molecule has 3 rings (SSSR count). The fourth-order valence-corrected chi connectivity index (χ4v) is 3.45. The average Bonchev–Trinajstić information content (AvgIpc) is 2.82. The van der Waals surface area contributed by atoms with Crippen LogP contribution in [-0.2, 0) is 0 Å². The summed E-state index contributed by atoms with van der Waals surface area (Å²) in [5.41, 5.74) is 2.98. The Morgan fingerprint density at radius 3 is 2.65 bits per heavy atom. The molecule has 0 bridgehead atoms. The molecule has 0 aliphatic rings. The molecule has 0 saturated carbocycles. The second-order valence-electron chi connectivity index (χ2n) is 7.15. The van der Waals surface area contributed by atoms with Crippen molar-refractivity contribution in [2.24, 2.45) is 0 Å². The summed E-state index contributed by atoms with van der Waals surface area (Å²) in [5, 5.41) is 2.63. The normalized spacial score (nSPS) is 11.6. The van der Waals surface area contributed by atoms with Gasteiger partial charge in [0.15, 0.2) is 0 Å². The first-order valence-electron chi connectivity index (χ1n) is 10.0. The van der Waals surface area contributed by atoms with Gasteiger partial charge in [-0.3, -0.25) is 4.79 Å². The van der Waals surface area contributed by atoms with Gasteiger partial charge in [0.1, 0.15) is 17.9 Å². The number of halogens is 1. The van der Waals surface area contributed by atoms with E-state index in [1.165, 1.54) is 18.6 Å². The van der Waals surface area contributed by atoms with Gasteiger partial charge in [0.2, 0.25) is 5.95 Å². The van der Waals surface area contributed by atoms with E-state index in [1.54, 1.807) is 26.3 Å². The lowest BCUT2D eigenvalue weighted by molar-refractivity contribution is 0.0962. The molecule has 1 amide bonds. The van der Waals surface area contributed by atoms with Crippen molar-refractivity contribution in [3.63, 3.8) is 0 Å². The minimum atomic E-state index is -0.530. The van der Waals surface area contributed by atoms with Gasteiger partial charge in [-0.05, 0) is 36.2 Å². The Labute approximate surface area is 181 Å². The van der Waals surface area contributed by atoms with E-state index in [4.69, 9.17) is 4.74 Å². The van der Waals surface area contributed by atoms with Crippen molar-refractivity contribution in [3.05, 3.63) is 66.0 Å². The van der Waals surface area contributed by atoms with Gasteiger partial charge in [0.05, 0.1) is 12.8 Å². The van der Waals surface area contributed by atoms with Crippen LogP contribution in [0.2, 0.25) is 0 Å². The van der Waals surface area contributed by atoms with E-state index in [0.29, 0.717) is 23.6 Å². The number of pyridine rings is 1. The predicted octanol–water partition coefficient (Wildman–Crippen LogP) is 3.68. The maximum Gasteiger partial charge on any atom is 0.251 e. The van der Waals surface area contributed by atoms with E-state index in [0.717, 1.165) is 23.4 Å². The molecule has 0 radical (unpaired) electrons. The molecule has 0 spiro atoms. The number of nitrogens with one attached hydrogen (secondary N) is 1. The highest BCUT2D eigenvalue weighted by Crippen LogP contribution is 2.31. The number of carbonyl (C=O) groups is 1. The number of amides is 1. The van der Waals surface area contributed by atoms with Crippen LogP contribution < -0.4 is 15.0 Å². The van der Waals surface area contributed by atoms with Crippen molar-refractivity contribution in [1.82, 2.24) is 20.3 Å². The molecular weight excluding hydrogens is 397 g/mol. The van der Waals surface area contributed by atoms with Crippen LogP contribution in [0.4, 0.5) is 10.2 Å². The van der Waals surface area contributed by atoms with E-state index in [-0.39, 0.29) is 11.8 Å². The average molecular weight is 423 g/mol. The second-order valence-corrected chi connectivity index (χ2v) is 7.15. The smallest absolute Gasteiger partial charge is 0.251 e. The van der Waals surface area contributed by atoms with E-state index in [2.05, 4.69) is 27.2 Å². The molecule has 31 heavy (non-hydrogen) atoms. The number of ether oxygens (including phenoxy) is 1. The molecule has 0 aliphatic heterocycles. The van der Waals surface area contributed by atoms with Crippen molar-refractivity contribution in [2.75, 3.05) is 32.6 Å². The molecule has 1 unspecified atom stereocenters. The zero-order valence-electron chi connectivity index (χ0n) is 18.1. The molecule has 0 aliphatic carbocycles. The van der Waals surface area contributed by atoms with Crippen molar-refractivity contribution < 1.29 is 13.9 Å². The first kappa shape index (κ1) is 22.1. The quantitative estimate of drug-likeness (QED) is 0.557. The highest BCUT2D eigenvalue weighted by molar-refractivity contribution is 5.94. The first-order chi connectivity index (χ1) is 15.0. The van der Waals surface area contributed by atoms with Crippen LogP contribution in [0, 0.1) is 5.95 Å². The highest BCUT2D eigenvalue weighted by Gasteiger charge is 2.19. The van der Waals surface area contributed by atoms with Gasteiger partial charge in [-0.15, -0.1) is 0 Å². The Kier molecular flexibility index (Phi) is 7.12. The first-order valence-corrected chi connectivity index (χ1v) is 10.0. The Bertz CT molecular complexity index is 1040. The number of nitrogens with zero attached hydrogens (tertiary/aromatic N) is 4. The van der Waals surface area contributed by atoms with E-state index in [1.807, 2.05) is 30.1 Å². The van der Waals surface area contributed by atoms with E-state index >= 15 is 0 Å². The third-order valence-corrected chi connectivity index (χ3v) is 5.22. The summed E-state index contributed by atoms with van der Waals surface area (Å²) in [4.78, 5) is 26.4. The lowest BCUT2D eigenvalue weighted by Crippen LogP contribution is -2.25. The lowest BCUT2D eigenvalue weighted by atomic mass is 9.93. The SMILES string of the molecule is CCC(CN(C)c1cc(-c2ccc(F)nc2)ncn1)c1ccc(C(=O)NC)cc1OC. The number of carbonyl (C=O) groups excluding carboxylic acids is 1. The van der Waals surface area contributed by atoms with Gasteiger partial charge in [0, 0.05) is 49.9 Å². The molecule has 1 N–H and O–H groups in total. The molecule has 1 atom stereocenters. The van der Waals surface area contributed by atoms with Crippen LogP contribution in [0.25, 0.3) is 11.3 Å². The van der Waals surface area contributed by atoms with Gasteiger partial charge in [-0.25, -0.2) is 15.0 Å². The van der Waals surface area contributed by atoms with Gasteiger partial charge in [-0.1, -0.05) is 13.0 Å². The third-order valence-electron chi connectivity index (χ3n) is 5.22. The number of benzene rings is 1. The summed E-state index contributed by atoms with van der Waals surface area (Å²) in [7, 11) is 5.17. The molecule has 2 heterocycles. The minimum absolute atomic E-state index is 0.154. The topological polar surface area (TPSA) is 80.2 Å². The summed E-state index contributed by atoms with van der Waals surface area (Å²) in [6, 6.07) is 10.3. The van der Waals surface area contributed by atoms with E-state index in [9.17, 15) is 9.18 Å². The number of aromatic nitrogens is 3. The molecule has 1 aromatic carbocycles. The van der Waals surface area contributed by atoms with Crippen LogP contribution in [0.1, 0.15) is 35.2 Å². The maximum absolute atomic E-state index is 13.1. The van der Waals surface area contributed by atoms with Crippen LogP contribution >= 0.6 is 0 Å². The fraction of sp³-hybridized carbons (Fsp3) is 0.304. The summed E-state index contributed by atoms with van der Waals surface area (Å²) < 4.78 is 18.7. The standard InChI is InChI=1S/C23H26FN5O2/c1-5-15(18-8-6-16(23(30)25-2)10-20(18)31-4)13-29(3)22-11-19(27-14-28-22)17-7-9-21(24)26-12-17/h6-12,14-15H,5,13H2,1-4H3,(H,25,30). The third kappa shape index (κ3) is 5.14. The molecule has 0 saturated heterocycles. The van der Waals surface area contributed by atoms with Gasteiger partial charge in [-0.2, -0.15) is 4.39 Å². The second kappa shape index (κ2) is 9.97. The number of anilines is 1. The monoisotopic (exact) mass is 423 g/mol. The highest BCUT2D eigenvalue weighted by atomic mass is 19.1. The van der Waals surface area contributed by atoms with Crippen molar-refractivity contribution >= 4 is 11.7 Å². The number of likely N-dealkylation sites (N-methyl/N-ethyl adjacent to an activating group) is 1. The molecule has 8 heteroatoms. The van der Waals surface area contributed by atoms with Crippen LogP contribution in [0.3, 0.4) is 0 Å². The van der Waals surface area contributed by atoms with Crippen molar-refractivity contribution in [3.8, 4) is 17.0 Å². The number of methoxy groups -OCH3 is 1. The Balaban J connectivity index is 1.83. The van der Waals surface area contributed by atoms with E-state index < -0.39 is 5.95 Å². The summed E-state index contributed by atoms with van der Waals surface area (Å²) >= 11 is 0. The lowest BCUT2D eigenvalue weighted by Gasteiger charge is -2.26. The maximum atomic E-state index is 13.1. The molecule has 7 nitrogen and oxygen atoms in total. The fourth-order valence-electron chi connectivity index (χ4n) is 3.45. The number of hydrogen-bond acceptors (Lipinski definition) is 6. The zero-order valence-corrected chi connectivity index (χ0v) is 18.1. The van der Waals surface area contributed by atoms with Crippen LogP contribution in [0.15, 0.2) is 48.9 Å².